The van der Waals surface area contributed by atoms with Crippen LogP contribution in [0.1, 0.15) is 0 Å². The van der Waals surface area contributed by atoms with Crippen LogP contribution in [-0.2, 0) is 0 Å². The van der Waals surface area contributed by atoms with Crippen molar-refractivity contribution in [3.8, 4) is 39.3 Å². The van der Waals surface area contributed by atoms with Gasteiger partial charge in [-0.2, -0.15) is 0 Å². The second-order valence-electron chi connectivity index (χ2n) is 15.0. The molecule has 0 aliphatic rings. The van der Waals surface area contributed by atoms with E-state index in [9.17, 15) is 0 Å². The van der Waals surface area contributed by atoms with E-state index >= 15 is 0 Å². The molecule has 0 N–H and O–H groups in total. The van der Waals surface area contributed by atoms with Gasteiger partial charge in [-0.05, 0) is 95.1 Å². The molecule has 0 radical (unpaired) electrons. The van der Waals surface area contributed by atoms with Crippen molar-refractivity contribution in [3.63, 3.8) is 0 Å². The first-order valence-corrected chi connectivity index (χ1v) is 19.6. The highest BCUT2D eigenvalue weighted by molar-refractivity contribution is 6.19. The van der Waals surface area contributed by atoms with Gasteiger partial charge in [0.15, 0.2) is 0 Å². The van der Waals surface area contributed by atoms with Gasteiger partial charge in [0, 0.05) is 49.4 Å². The van der Waals surface area contributed by atoms with E-state index in [1.807, 2.05) is 0 Å². The fourth-order valence-electron chi connectivity index (χ4n) is 9.27. The van der Waals surface area contributed by atoms with Crippen molar-refractivity contribution >= 4 is 65.4 Å². The molecular formula is C54H35N3. The van der Waals surface area contributed by atoms with E-state index in [0.717, 1.165) is 17.1 Å². The molecule has 0 spiro atoms. The summed E-state index contributed by atoms with van der Waals surface area (Å²) in [6.07, 6.45) is 0. The lowest BCUT2D eigenvalue weighted by Crippen LogP contribution is -1.96. The summed E-state index contributed by atoms with van der Waals surface area (Å²) in [7, 11) is 0. The van der Waals surface area contributed by atoms with Crippen molar-refractivity contribution in [2.45, 2.75) is 0 Å². The van der Waals surface area contributed by atoms with Gasteiger partial charge in [-0.1, -0.05) is 140 Å². The van der Waals surface area contributed by atoms with E-state index in [1.54, 1.807) is 0 Å². The SMILES string of the molecule is c1ccc(-c2cccc(-n3c4ccccc4c4cc5c(cc43)c3ccccc3n5-c3cccc(-c4ccc(-n5c6ccccc6c6ccccc65)cc4)c3)c2)cc1. The van der Waals surface area contributed by atoms with Gasteiger partial charge in [0.05, 0.1) is 33.1 Å². The second-order valence-corrected chi connectivity index (χ2v) is 15.0. The Labute approximate surface area is 329 Å². The lowest BCUT2D eigenvalue weighted by atomic mass is 10.0. The monoisotopic (exact) mass is 725 g/mol. The molecule has 57 heavy (non-hydrogen) atoms. The average molecular weight is 726 g/mol. The molecule has 0 aliphatic carbocycles. The highest BCUT2D eigenvalue weighted by atomic mass is 15.0. The zero-order chi connectivity index (χ0) is 37.5. The van der Waals surface area contributed by atoms with Crippen molar-refractivity contribution in [3.05, 3.63) is 212 Å². The molecule has 266 valence electrons. The minimum absolute atomic E-state index is 1.14. The predicted molar refractivity (Wildman–Crippen MR) is 240 cm³/mol. The van der Waals surface area contributed by atoms with Crippen LogP contribution in [0.3, 0.4) is 0 Å². The summed E-state index contributed by atoms with van der Waals surface area (Å²) in [5.74, 6) is 0. The van der Waals surface area contributed by atoms with Crippen LogP contribution in [0.4, 0.5) is 0 Å². The Kier molecular flexibility index (Phi) is 6.93. The molecule has 3 heteroatoms. The number of benzene rings is 9. The van der Waals surface area contributed by atoms with Crippen molar-refractivity contribution in [1.29, 1.82) is 0 Å². The minimum Gasteiger partial charge on any atom is -0.309 e. The molecule has 3 aromatic heterocycles. The molecule has 0 atom stereocenters. The number of hydrogen-bond donors (Lipinski definition) is 0. The van der Waals surface area contributed by atoms with Crippen LogP contribution in [0.5, 0.6) is 0 Å². The molecule has 3 nitrogen and oxygen atoms in total. The highest BCUT2D eigenvalue weighted by Crippen LogP contribution is 2.41. The molecule has 3 heterocycles. The van der Waals surface area contributed by atoms with Gasteiger partial charge in [-0.15, -0.1) is 0 Å². The number of nitrogens with zero attached hydrogens (tertiary/aromatic N) is 3. The number of para-hydroxylation sites is 4. The van der Waals surface area contributed by atoms with E-state index in [4.69, 9.17) is 0 Å². The van der Waals surface area contributed by atoms with Crippen LogP contribution in [0.2, 0.25) is 0 Å². The van der Waals surface area contributed by atoms with Crippen LogP contribution in [-0.4, -0.2) is 13.7 Å². The van der Waals surface area contributed by atoms with Crippen molar-refractivity contribution < 1.29 is 0 Å². The molecule has 0 aliphatic heterocycles. The zero-order valence-corrected chi connectivity index (χ0v) is 31.0. The van der Waals surface area contributed by atoms with E-state index in [0.29, 0.717) is 0 Å². The summed E-state index contributed by atoms with van der Waals surface area (Å²) in [5.41, 5.74) is 15.5. The van der Waals surface area contributed by atoms with Crippen LogP contribution < -0.4 is 0 Å². The Morgan fingerprint density at radius 1 is 0.193 bits per heavy atom. The summed E-state index contributed by atoms with van der Waals surface area (Å²) < 4.78 is 7.26. The van der Waals surface area contributed by atoms with Crippen LogP contribution in [0, 0.1) is 0 Å². The first kappa shape index (κ1) is 31.7. The lowest BCUT2D eigenvalue weighted by Gasteiger charge is -2.12. The maximum atomic E-state index is 2.45. The number of aromatic nitrogens is 3. The summed E-state index contributed by atoms with van der Waals surface area (Å²) in [4.78, 5) is 0. The fourth-order valence-corrected chi connectivity index (χ4v) is 9.27. The fraction of sp³-hybridized carbons (Fsp3) is 0. The Bertz CT molecular complexity index is 3450. The van der Waals surface area contributed by atoms with Gasteiger partial charge in [-0.25, -0.2) is 0 Å². The third-order valence-electron chi connectivity index (χ3n) is 11.8. The average Bonchev–Trinajstić information content (AvgIpc) is 3.91. The lowest BCUT2D eigenvalue weighted by molar-refractivity contribution is 1.17. The summed E-state index contributed by atoms with van der Waals surface area (Å²) in [6, 6.07) is 77.4. The summed E-state index contributed by atoms with van der Waals surface area (Å²) in [6.45, 7) is 0. The number of rotatable bonds is 5. The maximum absolute atomic E-state index is 2.45. The molecule has 12 aromatic rings. The maximum Gasteiger partial charge on any atom is 0.0548 e. The standard InChI is InChI=1S/C54H35N3/c1-2-14-36(15-3-1)38-16-12-18-41(32-38)56-51-26-10-6-22-45(51)47-35-54-48(34-53(47)56)46-23-7-11-27-52(46)57(54)42-19-13-17-39(33-42)37-28-30-40(31-29-37)55-49-24-8-4-20-43(49)44-21-5-9-25-50(44)55/h1-35H. The Morgan fingerprint density at radius 2 is 0.544 bits per heavy atom. The quantitative estimate of drug-likeness (QED) is 0.168. The van der Waals surface area contributed by atoms with Crippen LogP contribution in [0.15, 0.2) is 212 Å². The van der Waals surface area contributed by atoms with Crippen molar-refractivity contribution in [1.82, 2.24) is 13.7 Å². The molecule has 0 fully saturated rings. The molecule has 9 aromatic carbocycles. The first-order chi connectivity index (χ1) is 28.3. The van der Waals surface area contributed by atoms with E-state index < -0.39 is 0 Å². The Balaban J connectivity index is 1.01. The highest BCUT2D eigenvalue weighted by Gasteiger charge is 2.19. The molecule has 0 bridgehead atoms. The van der Waals surface area contributed by atoms with Gasteiger partial charge in [0.2, 0.25) is 0 Å². The van der Waals surface area contributed by atoms with Crippen LogP contribution in [0.25, 0.3) is 105 Å². The first-order valence-electron chi connectivity index (χ1n) is 19.6. The third kappa shape index (κ3) is 4.86. The van der Waals surface area contributed by atoms with Gasteiger partial charge >= 0.3 is 0 Å². The van der Waals surface area contributed by atoms with Crippen molar-refractivity contribution in [2.24, 2.45) is 0 Å². The summed E-state index contributed by atoms with van der Waals surface area (Å²) in [5, 5.41) is 7.51. The second kappa shape index (κ2) is 12.5. The van der Waals surface area contributed by atoms with E-state index in [-0.39, 0.29) is 0 Å². The topological polar surface area (TPSA) is 14.8 Å². The van der Waals surface area contributed by atoms with E-state index in [2.05, 4.69) is 226 Å². The smallest absolute Gasteiger partial charge is 0.0548 e. The predicted octanol–water partition coefficient (Wildman–Crippen LogP) is 14.3. The largest absolute Gasteiger partial charge is 0.309 e. The minimum atomic E-state index is 1.14. The molecule has 0 saturated carbocycles. The van der Waals surface area contributed by atoms with E-state index in [1.165, 1.54) is 87.7 Å². The van der Waals surface area contributed by atoms with Gasteiger partial charge in [-0.3, -0.25) is 0 Å². The normalized spacial score (nSPS) is 11.9. The summed E-state index contributed by atoms with van der Waals surface area (Å²) >= 11 is 0. The van der Waals surface area contributed by atoms with Gasteiger partial charge in [0.1, 0.15) is 0 Å². The van der Waals surface area contributed by atoms with Crippen LogP contribution >= 0.6 is 0 Å². The van der Waals surface area contributed by atoms with Gasteiger partial charge in [0.25, 0.3) is 0 Å². The Hall–Kier alpha value is -7.62. The molecular weight excluding hydrogens is 691 g/mol. The molecule has 12 rings (SSSR count). The third-order valence-corrected chi connectivity index (χ3v) is 11.8. The Morgan fingerprint density at radius 3 is 1.00 bits per heavy atom. The number of hydrogen-bond acceptors (Lipinski definition) is 0. The zero-order valence-electron chi connectivity index (χ0n) is 31.0. The molecule has 0 unspecified atom stereocenters. The molecule has 0 saturated heterocycles. The van der Waals surface area contributed by atoms with Gasteiger partial charge < -0.3 is 13.7 Å². The van der Waals surface area contributed by atoms with Crippen molar-refractivity contribution in [2.75, 3.05) is 0 Å². The number of fused-ring (bicyclic) bond motifs is 9. The molecule has 0 amide bonds.